The highest BCUT2D eigenvalue weighted by Gasteiger charge is 2.07. The topological polar surface area (TPSA) is 17.1 Å². The predicted molar refractivity (Wildman–Crippen MR) is 80.8 cm³/mol. The van der Waals surface area contributed by atoms with E-state index < -0.39 is 0 Å². The molecule has 0 heterocycles. The first-order valence-corrected chi connectivity index (χ1v) is 7.91. The Balaban J connectivity index is 3.43. The Bertz CT molecular complexity index is 208. The first-order chi connectivity index (χ1) is 8.41. The fourth-order valence-electron chi connectivity index (χ4n) is 2.42. The molecule has 108 valence electrons. The minimum atomic E-state index is 0.338. The fourth-order valence-corrected chi connectivity index (χ4v) is 2.42. The van der Waals surface area contributed by atoms with Gasteiger partial charge in [-0.1, -0.05) is 66.2 Å². The molecule has 0 N–H and O–H groups in total. The zero-order valence-corrected chi connectivity index (χ0v) is 13.3. The quantitative estimate of drug-likeness (QED) is 0.467. The maximum Gasteiger partial charge on any atom is 0.129 e. The zero-order chi connectivity index (χ0) is 14.0. The molecule has 0 aliphatic heterocycles. The molecular formula is C17H34O. The van der Waals surface area contributed by atoms with Crippen LogP contribution in [0, 0.1) is 17.8 Å². The molecule has 0 radical (unpaired) electrons. The summed E-state index contributed by atoms with van der Waals surface area (Å²) in [4.78, 5) is 10.9. The Hall–Kier alpha value is -0.330. The maximum atomic E-state index is 10.9. The van der Waals surface area contributed by atoms with Crippen LogP contribution in [0.1, 0.15) is 86.0 Å². The highest BCUT2D eigenvalue weighted by molar-refractivity contribution is 5.75. The Morgan fingerprint density at radius 3 is 1.78 bits per heavy atom. The monoisotopic (exact) mass is 254 g/mol. The molecule has 0 unspecified atom stereocenters. The summed E-state index contributed by atoms with van der Waals surface area (Å²) in [6.07, 6.45) is 9.91. The van der Waals surface area contributed by atoms with Crippen LogP contribution >= 0.6 is 0 Å². The van der Waals surface area contributed by atoms with Crippen LogP contribution in [0.4, 0.5) is 0 Å². The zero-order valence-electron chi connectivity index (χ0n) is 13.3. The largest absolute Gasteiger partial charge is 0.300 e. The third-order valence-corrected chi connectivity index (χ3v) is 3.86. The summed E-state index contributed by atoms with van der Waals surface area (Å²) in [5.74, 6) is 2.86. The van der Waals surface area contributed by atoms with Gasteiger partial charge in [-0.05, 0) is 31.1 Å². The van der Waals surface area contributed by atoms with Crippen molar-refractivity contribution in [3.8, 4) is 0 Å². The maximum absolute atomic E-state index is 10.9. The van der Waals surface area contributed by atoms with Crippen molar-refractivity contribution in [3.63, 3.8) is 0 Å². The van der Waals surface area contributed by atoms with Gasteiger partial charge in [0.25, 0.3) is 0 Å². The van der Waals surface area contributed by atoms with Crippen molar-refractivity contribution in [2.45, 2.75) is 86.0 Å². The lowest BCUT2D eigenvalue weighted by Gasteiger charge is -2.15. The van der Waals surface area contributed by atoms with Crippen molar-refractivity contribution in [1.82, 2.24) is 0 Å². The molecule has 0 bridgehead atoms. The molecule has 1 heteroatoms. The molecular weight excluding hydrogens is 220 g/mol. The van der Waals surface area contributed by atoms with Crippen LogP contribution in [0.2, 0.25) is 0 Å². The molecule has 0 rings (SSSR count). The number of ketones is 1. The van der Waals surface area contributed by atoms with Gasteiger partial charge in [-0.3, -0.25) is 0 Å². The Morgan fingerprint density at radius 1 is 0.778 bits per heavy atom. The summed E-state index contributed by atoms with van der Waals surface area (Å²) in [7, 11) is 0. The second-order valence-electron chi connectivity index (χ2n) is 6.71. The number of carbonyl (C=O) groups excluding carboxylic acids is 1. The molecule has 0 fully saturated rings. The standard InChI is InChI=1S/C17H34O/c1-14(2)12-13-16(4)9-6-8-15(3)10-7-11-17(5)18/h14-16H,6-13H2,1-5H3/t15-,16-/m0/s1. The van der Waals surface area contributed by atoms with Gasteiger partial charge in [0.15, 0.2) is 0 Å². The van der Waals surface area contributed by atoms with Crippen LogP contribution < -0.4 is 0 Å². The summed E-state index contributed by atoms with van der Waals surface area (Å²) in [6, 6.07) is 0. The van der Waals surface area contributed by atoms with E-state index in [-0.39, 0.29) is 0 Å². The van der Waals surface area contributed by atoms with Gasteiger partial charge >= 0.3 is 0 Å². The Morgan fingerprint density at radius 2 is 1.28 bits per heavy atom. The molecule has 0 aliphatic rings. The first-order valence-electron chi connectivity index (χ1n) is 7.91. The molecule has 0 amide bonds. The van der Waals surface area contributed by atoms with Crippen molar-refractivity contribution in [2.24, 2.45) is 17.8 Å². The van der Waals surface area contributed by atoms with Crippen LogP contribution in [0.25, 0.3) is 0 Å². The predicted octanol–water partition coefficient (Wildman–Crippen LogP) is 5.62. The minimum Gasteiger partial charge on any atom is -0.300 e. The van der Waals surface area contributed by atoms with E-state index in [4.69, 9.17) is 0 Å². The van der Waals surface area contributed by atoms with Crippen molar-refractivity contribution < 1.29 is 4.79 Å². The highest BCUT2D eigenvalue weighted by Crippen LogP contribution is 2.21. The molecule has 0 saturated carbocycles. The third kappa shape index (κ3) is 12.1. The van der Waals surface area contributed by atoms with E-state index in [1.807, 2.05) is 0 Å². The molecule has 0 aromatic rings. The van der Waals surface area contributed by atoms with Crippen molar-refractivity contribution in [2.75, 3.05) is 0 Å². The number of rotatable bonds is 11. The highest BCUT2D eigenvalue weighted by atomic mass is 16.1. The lowest BCUT2D eigenvalue weighted by Crippen LogP contribution is -2.01. The van der Waals surface area contributed by atoms with Gasteiger partial charge in [0.1, 0.15) is 5.78 Å². The second kappa shape index (κ2) is 10.6. The smallest absolute Gasteiger partial charge is 0.129 e. The molecule has 2 atom stereocenters. The molecule has 0 aromatic heterocycles. The summed E-state index contributed by atoms with van der Waals surface area (Å²) in [5.41, 5.74) is 0. The average molecular weight is 254 g/mol. The van der Waals surface area contributed by atoms with Crippen molar-refractivity contribution in [1.29, 1.82) is 0 Å². The van der Waals surface area contributed by atoms with Crippen LogP contribution in [0.5, 0.6) is 0 Å². The number of hydrogen-bond acceptors (Lipinski definition) is 1. The van der Waals surface area contributed by atoms with Gasteiger partial charge in [0.2, 0.25) is 0 Å². The second-order valence-corrected chi connectivity index (χ2v) is 6.71. The third-order valence-electron chi connectivity index (χ3n) is 3.86. The van der Waals surface area contributed by atoms with E-state index in [2.05, 4.69) is 27.7 Å². The van der Waals surface area contributed by atoms with Gasteiger partial charge < -0.3 is 4.79 Å². The Labute approximate surface area is 115 Å². The lowest BCUT2D eigenvalue weighted by atomic mass is 9.91. The number of carbonyl (C=O) groups is 1. The van der Waals surface area contributed by atoms with Crippen LogP contribution in [0.3, 0.4) is 0 Å². The SMILES string of the molecule is CC(=O)CCC[C@@H](C)CCC[C@H](C)CCC(C)C. The van der Waals surface area contributed by atoms with Gasteiger partial charge in [-0.25, -0.2) is 0 Å². The van der Waals surface area contributed by atoms with E-state index in [0.717, 1.165) is 30.6 Å². The average Bonchev–Trinajstić information content (AvgIpc) is 2.25. The van der Waals surface area contributed by atoms with E-state index in [9.17, 15) is 4.79 Å². The summed E-state index contributed by atoms with van der Waals surface area (Å²) >= 11 is 0. The van der Waals surface area contributed by atoms with E-state index >= 15 is 0 Å². The van der Waals surface area contributed by atoms with E-state index in [1.165, 1.54) is 38.5 Å². The minimum absolute atomic E-state index is 0.338. The van der Waals surface area contributed by atoms with Crippen molar-refractivity contribution in [3.05, 3.63) is 0 Å². The summed E-state index contributed by atoms with van der Waals surface area (Å²) in [5, 5.41) is 0. The molecule has 0 spiro atoms. The van der Waals surface area contributed by atoms with E-state index in [0.29, 0.717) is 5.78 Å². The van der Waals surface area contributed by atoms with Crippen molar-refractivity contribution >= 4 is 5.78 Å². The van der Waals surface area contributed by atoms with Gasteiger partial charge in [0.05, 0.1) is 0 Å². The molecule has 1 nitrogen and oxygen atoms in total. The summed E-state index contributed by atoms with van der Waals surface area (Å²) in [6.45, 7) is 11.0. The normalized spacial score (nSPS) is 14.8. The van der Waals surface area contributed by atoms with E-state index in [1.54, 1.807) is 6.92 Å². The van der Waals surface area contributed by atoms with Crippen LogP contribution in [-0.2, 0) is 4.79 Å². The molecule has 0 aromatic carbocycles. The fraction of sp³-hybridized carbons (Fsp3) is 0.941. The van der Waals surface area contributed by atoms with Crippen LogP contribution in [-0.4, -0.2) is 5.78 Å². The van der Waals surface area contributed by atoms with Gasteiger partial charge in [-0.2, -0.15) is 0 Å². The molecule has 0 saturated heterocycles. The van der Waals surface area contributed by atoms with Gasteiger partial charge in [-0.15, -0.1) is 0 Å². The lowest BCUT2D eigenvalue weighted by molar-refractivity contribution is -0.117. The van der Waals surface area contributed by atoms with Gasteiger partial charge in [0, 0.05) is 6.42 Å². The first kappa shape index (κ1) is 17.7. The molecule has 0 aliphatic carbocycles. The molecule has 18 heavy (non-hydrogen) atoms. The number of hydrogen-bond donors (Lipinski definition) is 0. The Kier molecular flexibility index (Phi) is 10.4. The number of Topliss-reactive ketones (excluding diaryl/α,β-unsaturated/α-hetero) is 1. The summed E-state index contributed by atoms with van der Waals surface area (Å²) < 4.78 is 0. The van der Waals surface area contributed by atoms with Crippen LogP contribution in [0.15, 0.2) is 0 Å².